The summed E-state index contributed by atoms with van der Waals surface area (Å²) in [6, 6.07) is 5.48. The third-order valence-electron chi connectivity index (χ3n) is 4.33. The van der Waals surface area contributed by atoms with Crippen LogP contribution in [0.2, 0.25) is 0 Å². The zero-order valence-corrected chi connectivity index (χ0v) is 13.8. The van der Waals surface area contributed by atoms with Crippen LogP contribution in [-0.4, -0.2) is 37.5 Å². The van der Waals surface area contributed by atoms with E-state index in [-0.39, 0.29) is 11.9 Å². The van der Waals surface area contributed by atoms with E-state index in [1.165, 1.54) is 0 Å². The number of carbonyl (C=O) groups excluding carboxylic acids is 1. The number of rotatable bonds is 3. The van der Waals surface area contributed by atoms with Gasteiger partial charge < -0.3 is 9.42 Å². The average Bonchev–Trinajstić information content (AvgIpc) is 3.31. The fourth-order valence-electron chi connectivity index (χ4n) is 3.10. The molecule has 0 aliphatic carbocycles. The Morgan fingerprint density at radius 2 is 2.00 bits per heavy atom. The second-order valence-electron chi connectivity index (χ2n) is 6.06. The summed E-state index contributed by atoms with van der Waals surface area (Å²) >= 11 is 0. The van der Waals surface area contributed by atoms with Gasteiger partial charge >= 0.3 is 0 Å². The molecule has 0 unspecified atom stereocenters. The molecule has 0 N–H and O–H groups in total. The maximum absolute atomic E-state index is 12.9. The first-order valence-corrected chi connectivity index (χ1v) is 8.19. The minimum atomic E-state index is -0.0853. The molecule has 3 aromatic rings. The zero-order valence-electron chi connectivity index (χ0n) is 13.8. The molecule has 7 nitrogen and oxygen atoms in total. The van der Waals surface area contributed by atoms with Crippen molar-refractivity contribution in [1.82, 2.24) is 25.0 Å². The van der Waals surface area contributed by atoms with Gasteiger partial charge in [-0.25, -0.2) is 9.97 Å². The summed E-state index contributed by atoms with van der Waals surface area (Å²) in [6.45, 7) is 2.56. The maximum atomic E-state index is 12.9. The lowest BCUT2D eigenvalue weighted by atomic mass is 10.1. The van der Waals surface area contributed by atoms with Crippen LogP contribution < -0.4 is 0 Å². The Hall–Kier alpha value is -3.09. The van der Waals surface area contributed by atoms with Crippen molar-refractivity contribution in [1.29, 1.82) is 0 Å². The third kappa shape index (κ3) is 3.00. The highest BCUT2D eigenvalue weighted by molar-refractivity contribution is 5.94. The lowest BCUT2D eigenvalue weighted by Crippen LogP contribution is -2.30. The topological polar surface area (TPSA) is 85.0 Å². The molecule has 7 heteroatoms. The van der Waals surface area contributed by atoms with E-state index in [1.807, 2.05) is 30.0 Å². The SMILES string of the molecule is Cc1cc([C@H]2CCCN2C(=O)c2cnc(-c3ccncc3)nc2)on1. The number of aryl methyl sites for hydroxylation is 1. The molecule has 4 rings (SSSR count). The number of carbonyl (C=O) groups is 1. The molecule has 0 spiro atoms. The Balaban J connectivity index is 1.56. The Labute approximate surface area is 144 Å². The Morgan fingerprint density at radius 1 is 1.24 bits per heavy atom. The van der Waals surface area contributed by atoms with Gasteiger partial charge in [-0.2, -0.15) is 0 Å². The van der Waals surface area contributed by atoms with E-state index in [2.05, 4.69) is 20.1 Å². The first-order chi connectivity index (χ1) is 12.2. The summed E-state index contributed by atoms with van der Waals surface area (Å²) in [5.41, 5.74) is 2.16. The van der Waals surface area contributed by atoms with Crippen LogP contribution >= 0.6 is 0 Å². The Morgan fingerprint density at radius 3 is 2.68 bits per heavy atom. The van der Waals surface area contributed by atoms with E-state index < -0.39 is 0 Å². The van der Waals surface area contributed by atoms with Crippen LogP contribution in [0.3, 0.4) is 0 Å². The monoisotopic (exact) mass is 335 g/mol. The number of aromatic nitrogens is 4. The zero-order chi connectivity index (χ0) is 17.2. The highest BCUT2D eigenvalue weighted by Gasteiger charge is 2.33. The van der Waals surface area contributed by atoms with Crippen molar-refractivity contribution in [3.8, 4) is 11.4 Å². The van der Waals surface area contributed by atoms with Crippen molar-refractivity contribution in [2.45, 2.75) is 25.8 Å². The third-order valence-corrected chi connectivity index (χ3v) is 4.33. The van der Waals surface area contributed by atoms with Gasteiger partial charge in [0.2, 0.25) is 0 Å². The van der Waals surface area contributed by atoms with Crippen LogP contribution in [0.4, 0.5) is 0 Å². The van der Waals surface area contributed by atoms with Crippen molar-refractivity contribution in [3.63, 3.8) is 0 Å². The fraction of sp³-hybridized carbons (Fsp3) is 0.278. The standard InChI is InChI=1S/C18H17N5O2/c1-12-9-16(25-22-12)15-3-2-8-23(15)18(24)14-10-20-17(21-11-14)13-4-6-19-7-5-13/h4-7,9-11,15H,2-3,8H2,1H3/t15-/m1/s1. The molecule has 1 aliphatic heterocycles. The second-order valence-corrected chi connectivity index (χ2v) is 6.06. The summed E-state index contributed by atoms with van der Waals surface area (Å²) in [6.07, 6.45) is 8.33. The molecular weight excluding hydrogens is 318 g/mol. The van der Waals surface area contributed by atoms with Gasteiger partial charge in [0.05, 0.1) is 17.3 Å². The molecule has 1 saturated heterocycles. The van der Waals surface area contributed by atoms with Gasteiger partial charge in [0.15, 0.2) is 11.6 Å². The van der Waals surface area contributed by atoms with Gasteiger partial charge in [-0.3, -0.25) is 9.78 Å². The molecule has 126 valence electrons. The molecule has 1 amide bonds. The smallest absolute Gasteiger partial charge is 0.257 e. The fourth-order valence-corrected chi connectivity index (χ4v) is 3.10. The van der Waals surface area contributed by atoms with Gasteiger partial charge in [-0.05, 0) is 31.9 Å². The number of hydrogen-bond acceptors (Lipinski definition) is 6. The number of amides is 1. The maximum Gasteiger partial charge on any atom is 0.257 e. The van der Waals surface area contributed by atoms with Gasteiger partial charge in [-0.1, -0.05) is 5.16 Å². The lowest BCUT2D eigenvalue weighted by Gasteiger charge is -2.22. The van der Waals surface area contributed by atoms with Crippen molar-refractivity contribution in [2.24, 2.45) is 0 Å². The molecular formula is C18H17N5O2. The van der Waals surface area contributed by atoms with Crippen LogP contribution in [0, 0.1) is 6.92 Å². The summed E-state index contributed by atoms with van der Waals surface area (Å²) in [4.78, 5) is 27.3. The molecule has 0 saturated carbocycles. The normalized spacial score (nSPS) is 17.0. The Bertz CT molecular complexity index is 876. The van der Waals surface area contributed by atoms with E-state index >= 15 is 0 Å². The summed E-state index contributed by atoms with van der Waals surface area (Å²) < 4.78 is 5.36. The van der Waals surface area contributed by atoms with E-state index in [0.717, 1.165) is 29.9 Å². The van der Waals surface area contributed by atoms with Gasteiger partial charge in [-0.15, -0.1) is 0 Å². The van der Waals surface area contributed by atoms with Crippen molar-refractivity contribution >= 4 is 5.91 Å². The number of likely N-dealkylation sites (tertiary alicyclic amines) is 1. The predicted molar refractivity (Wildman–Crippen MR) is 89.5 cm³/mol. The molecule has 4 heterocycles. The quantitative estimate of drug-likeness (QED) is 0.732. The Kier molecular flexibility index (Phi) is 3.97. The summed E-state index contributed by atoms with van der Waals surface area (Å²) in [5, 5.41) is 3.93. The largest absolute Gasteiger partial charge is 0.359 e. The summed E-state index contributed by atoms with van der Waals surface area (Å²) in [5.74, 6) is 1.22. The highest BCUT2D eigenvalue weighted by atomic mass is 16.5. The van der Waals surface area contributed by atoms with Crippen molar-refractivity contribution in [2.75, 3.05) is 6.54 Å². The molecule has 3 aromatic heterocycles. The van der Waals surface area contributed by atoms with E-state index in [9.17, 15) is 4.79 Å². The molecule has 0 bridgehead atoms. The molecule has 0 aromatic carbocycles. The van der Waals surface area contributed by atoms with E-state index in [1.54, 1.807) is 24.8 Å². The molecule has 25 heavy (non-hydrogen) atoms. The number of nitrogens with zero attached hydrogens (tertiary/aromatic N) is 5. The summed E-state index contributed by atoms with van der Waals surface area (Å²) in [7, 11) is 0. The number of hydrogen-bond donors (Lipinski definition) is 0. The molecule has 0 radical (unpaired) electrons. The van der Waals surface area contributed by atoms with Gasteiger partial charge in [0.1, 0.15) is 0 Å². The van der Waals surface area contributed by atoms with E-state index in [4.69, 9.17) is 4.52 Å². The first kappa shape index (κ1) is 15.4. The lowest BCUT2D eigenvalue weighted by molar-refractivity contribution is 0.0713. The average molecular weight is 335 g/mol. The van der Waals surface area contributed by atoms with Crippen LogP contribution in [0.15, 0.2) is 47.5 Å². The minimum Gasteiger partial charge on any atom is -0.359 e. The van der Waals surface area contributed by atoms with E-state index in [0.29, 0.717) is 17.9 Å². The van der Waals surface area contributed by atoms with Crippen LogP contribution in [0.25, 0.3) is 11.4 Å². The van der Waals surface area contributed by atoms with Gasteiger partial charge in [0.25, 0.3) is 5.91 Å². The van der Waals surface area contributed by atoms with Gasteiger partial charge in [0, 0.05) is 43.0 Å². The highest BCUT2D eigenvalue weighted by Crippen LogP contribution is 2.33. The minimum absolute atomic E-state index is 0.0754. The van der Waals surface area contributed by atoms with Crippen LogP contribution in [-0.2, 0) is 0 Å². The molecule has 1 atom stereocenters. The number of pyridine rings is 1. The predicted octanol–water partition coefficient (Wildman–Crippen LogP) is 2.81. The second kappa shape index (κ2) is 6.43. The molecule has 1 fully saturated rings. The first-order valence-electron chi connectivity index (χ1n) is 8.19. The molecule has 1 aliphatic rings. The van der Waals surface area contributed by atoms with Crippen molar-refractivity contribution < 1.29 is 9.32 Å². The van der Waals surface area contributed by atoms with Crippen LogP contribution in [0.1, 0.15) is 40.7 Å². The van der Waals surface area contributed by atoms with Crippen LogP contribution in [0.5, 0.6) is 0 Å². The van der Waals surface area contributed by atoms with Crippen molar-refractivity contribution in [3.05, 3.63) is 60.0 Å².